The van der Waals surface area contributed by atoms with Gasteiger partial charge in [0, 0.05) is 38.5 Å². The van der Waals surface area contributed by atoms with Crippen molar-refractivity contribution in [1.29, 1.82) is 0 Å². The van der Waals surface area contributed by atoms with Crippen molar-refractivity contribution in [2.24, 2.45) is 5.92 Å². The van der Waals surface area contributed by atoms with Gasteiger partial charge in [-0.2, -0.15) is 0 Å². The molecule has 0 spiro atoms. The zero-order chi connectivity index (χ0) is 23.6. The van der Waals surface area contributed by atoms with E-state index in [0.717, 1.165) is 12.2 Å². The fraction of sp³-hybridized carbons (Fsp3) is 0.810. The first-order chi connectivity index (χ1) is 14.7. The number of rotatable bonds is 17. The summed E-state index contributed by atoms with van der Waals surface area (Å²) in [4.78, 5) is 50.8. The second kappa shape index (κ2) is 18.0. The number of carbonyl (C=O) groups is 4. The van der Waals surface area contributed by atoms with Gasteiger partial charge in [0.1, 0.15) is 0 Å². The van der Waals surface area contributed by atoms with Crippen LogP contribution in [0, 0.1) is 5.92 Å². The molecule has 0 aromatic carbocycles. The molecule has 0 atom stereocenters. The smallest absolute Gasteiger partial charge is 0.306 e. The average Bonchev–Trinajstić information content (AvgIpc) is 2.75. The third kappa shape index (κ3) is 16.7. The van der Waals surface area contributed by atoms with E-state index in [1.54, 1.807) is 0 Å². The van der Waals surface area contributed by atoms with Crippen LogP contribution in [-0.2, 0) is 33.4 Å². The molecule has 10 heteroatoms. The highest BCUT2D eigenvalue weighted by Gasteiger charge is 2.17. The fourth-order valence-corrected chi connectivity index (χ4v) is 3.67. The van der Waals surface area contributed by atoms with Crippen LogP contribution in [0.25, 0.3) is 0 Å². The van der Waals surface area contributed by atoms with Crippen LogP contribution in [0.15, 0.2) is 0 Å². The SMILES string of the molecule is COC(=O)CCN(CCC(=O)OC)CCN(CCC(=O)OC)CC(=O)SCCC(C)C. The maximum atomic E-state index is 12.4. The summed E-state index contributed by atoms with van der Waals surface area (Å²) in [6, 6.07) is 0. The lowest BCUT2D eigenvalue weighted by molar-refractivity contribution is -0.142. The summed E-state index contributed by atoms with van der Waals surface area (Å²) >= 11 is 1.31. The quantitative estimate of drug-likeness (QED) is 0.234. The molecule has 0 heterocycles. The number of carbonyl (C=O) groups excluding carboxylic acids is 4. The summed E-state index contributed by atoms with van der Waals surface area (Å²) in [6.45, 7) is 6.73. The maximum absolute atomic E-state index is 12.4. The van der Waals surface area contributed by atoms with E-state index < -0.39 is 0 Å². The van der Waals surface area contributed by atoms with Gasteiger partial charge in [-0.3, -0.25) is 24.1 Å². The number of ether oxygens (including phenoxy) is 3. The molecule has 9 nitrogen and oxygen atoms in total. The first-order valence-electron chi connectivity index (χ1n) is 10.5. The van der Waals surface area contributed by atoms with Crippen LogP contribution in [0.3, 0.4) is 0 Å². The standard InChI is InChI=1S/C21H38N2O7S/c1-17(2)9-15-31-21(27)16-23(12-8-20(26)30-5)14-13-22(10-6-18(24)28-3)11-7-19(25)29-4/h17H,6-16H2,1-5H3. The van der Waals surface area contributed by atoms with Crippen LogP contribution in [0.2, 0.25) is 0 Å². The van der Waals surface area contributed by atoms with Gasteiger partial charge in [-0.1, -0.05) is 25.6 Å². The molecule has 0 amide bonds. The summed E-state index contributed by atoms with van der Waals surface area (Å²) in [5, 5.41) is 0.0567. The van der Waals surface area contributed by atoms with Crippen LogP contribution >= 0.6 is 11.8 Å². The summed E-state index contributed by atoms with van der Waals surface area (Å²) in [7, 11) is 4.00. The minimum Gasteiger partial charge on any atom is -0.469 e. The highest BCUT2D eigenvalue weighted by molar-refractivity contribution is 8.13. The molecule has 0 aromatic heterocycles. The van der Waals surface area contributed by atoms with Crippen molar-refractivity contribution in [1.82, 2.24) is 9.80 Å². The van der Waals surface area contributed by atoms with E-state index in [-0.39, 0.29) is 48.8 Å². The minimum atomic E-state index is -0.335. The molecule has 0 bridgehead atoms. The number of hydrogen-bond donors (Lipinski definition) is 0. The first kappa shape index (κ1) is 29.4. The lowest BCUT2D eigenvalue weighted by Crippen LogP contribution is -2.40. The Bertz CT molecular complexity index is 538. The van der Waals surface area contributed by atoms with Gasteiger partial charge < -0.3 is 19.1 Å². The zero-order valence-corrected chi connectivity index (χ0v) is 20.3. The number of methoxy groups -OCH3 is 3. The van der Waals surface area contributed by atoms with Gasteiger partial charge in [0.15, 0.2) is 0 Å². The lowest BCUT2D eigenvalue weighted by Gasteiger charge is -2.26. The van der Waals surface area contributed by atoms with Crippen LogP contribution in [0.1, 0.15) is 39.5 Å². The van der Waals surface area contributed by atoms with Crippen molar-refractivity contribution in [3.8, 4) is 0 Å². The van der Waals surface area contributed by atoms with Gasteiger partial charge in [-0.05, 0) is 12.3 Å². The summed E-state index contributed by atoms with van der Waals surface area (Å²) in [5.41, 5.74) is 0. The summed E-state index contributed by atoms with van der Waals surface area (Å²) < 4.78 is 14.1. The van der Waals surface area contributed by atoms with Crippen molar-refractivity contribution in [2.75, 3.05) is 66.4 Å². The van der Waals surface area contributed by atoms with Gasteiger partial charge >= 0.3 is 17.9 Å². The molecule has 31 heavy (non-hydrogen) atoms. The Morgan fingerprint density at radius 3 is 1.55 bits per heavy atom. The Balaban J connectivity index is 4.86. The molecule has 0 aliphatic rings. The molecular formula is C21H38N2O7S. The predicted molar refractivity (Wildman–Crippen MR) is 120 cm³/mol. The molecule has 0 aliphatic carbocycles. The number of hydrogen-bond acceptors (Lipinski definition) is 10. The topological polar surface area (TPSA) is 102 Å². The highest BCUT2D eigenvalue weighted by Crippen LogP contribution is 2.11. The molecule has 0 aromatic rings. The van der Waals surface area contributed by atoms with Gasteiger partial charge in [0.05, 0.1) is 47.1 Å². The van der Waals surface area contributed by atoms with Crippen molar-refractivity contribution >= 4 is 34.8 Å². The molecule has 0 unspecified atom stereocenters. The zero-order valence-electron chi connectivity index (χ0n) is 19.5. The largest absolute Gasteiger partial charge is 0.469 e. The van der Waals surface area contributed by atoms with Crippen LogP contribution in [0.5, 0.6) is 0 Å². The van der Waals surface area contributed by atoms with Gasteiger partial charge in [0.2, 0.25) is 5.12 Å². The highest BCUT2D eigenvalue weighted by atomic mass is 32.2. The van der Waals surface area contributed by atoms with Gasteiger partial charge in [-0.25, -0.2) is 0 Å². The summed E-state index contributed by atoms with van der Waals surface area (Å²) in [5.74, 6) is 0.308. The van der Waals surface area contributed by atoms with Crippen LogP contribution in [-0.4, -0.2) is 99.2 Å². The van der Waals surface area contributed by atoms with Gasteiger partial charge in [0.25, 0.3) is 0 Å². The molecule has 0 N–H and O–H groups in total. The van der Waals surface area contributed by atoms with E-state index in [4.69, 9.17) is 14.2 Å². The van der Waals surface area contributed by atoms with E-state index in [2.05, 4.69) is 13.8 Å². The molecular weight excluding hydrogens is 424 g/mol. The molecule has 0 radical (unpaired) electrons. The predicted octanol–water partition coefficient (Wildman–Crippen LogP) is 1.59. The fourth-order valence-electron chi connectivity index (χ4n) is 2.58. The second-order valence-electron chi connectivity index (χ2n) is 7.50. The van der Waals surface area contributed by atoms with Crippen molar-refractivity contribution in [3.05, 3.63) is 0 Å². The normalized spacial score (nSPS) is 11.1. The second-order valence-corrected chi connectivity index (χ2v) is 8.65. The Morgan fingerprint density at radius 2 is 1.13 bits per heavy atom. The van der Waals surface area contributed by atoms with Gasteiger partial charge in [-0.15, -0.1) is 0 Å². The third-order valence-corrected chi connectivity index (χ3v) is 5.51. The number of esters is 3. The van der Waals surface area contributed by atoms with E-state index in [9.17, 15) is 19.2 Å². The monoisotopic (exact) mass is 462 g/mol. The average molecular weight is 463 g/mol. The Hall–Kier alpha value is -1.65. The van der Waals surface area contributed by atoms with E-state index in [0.29, 0.717) is 38.6 Å². The number of nitrogens with zero attached hydrogens (tertiary/aromatic N) is 2. The molecule has 0 saturated carbocycles. The molecule has 0 rings (SSSR count). The van der Waals surface area contributed by atoms with Crippen LogP contribution in [0.4, 0.5) is 0 Å². The molecule has 0 saturated heterocycles. The maximum Gasteiger partial charge on any atom is 0.306 e. The third-order valence-electron chi connectivity index (χ3n) is 4.62. The number of thioether (sulfide) groups is 1. The Labute approximate surface area is 190 Å². The first-order valence-corrected chi connectivity index (χ1v) is 11.5. The van der Waals surface area contributed by atoms with Crippen molar-refractivity contribution in [3.63, 3.8) is 0 Å². The minimum absolute atomic E-state index is 0.0567. The molecule has 180 valence electrons. The van der Waals surface area contributed by atoms with Crippen LogP contribution < -0.4 is 0 Å². The Kier molecular flexibility index (Phi) is 17.0. The summed E-state index contributed by atoms with van der Waals surface area (Å²) in [6.07, 6.45) is 1.55. The molecule has 0 aliphatic heterocycles. The van der Waals surface area contributed by atoms with Crippen molar-refractivity contribution in [2.45, 2.75) is 39.5 Å². The van der Waals surface area contributed by atoms with Crippen molar-refractivity contribution < 1.29 is 33.4 Å². The Morgan fingerprint density at radius 1 is 0.710 bits per heavy atom. The lowest BCUT2D eigenvalue weighted by atomic mass is 10.2. The van der Waals surface area contributed by atoms with E-state index in [1.165, 1.54) is 33.1 Å². The van der Waals surface area contributed by atoms with E-state index in [1.807, 2.05) is 9.80 Å². The molecule has 0 fully saturated rings. The van der Waals surface area contributed by atoms with E-state index >= 15 is 0 Å².